The number of amides is 1. The van der Waals surface area contributed by atoms with Gasteiger partial charge >= 0.3 is 0 Å². The van der Waals surface area contributed by atoms with Gasteiger partial charge in [0.05, 0.1) is 17.2 Å². The van der Waals surface area contributed by atoms with Crippen molar-refractivity contribution < 1.29 is 9.53 Å². The molecule has 1 aromatic carbocycles. The van der Waals surface area contributed by atoms with Crippen LogP contribution in [0.5, 0.6) is 5.75 Å². The lowest BCUT2D eigenvalue weighted by atomic mass is 9.97. The molecule has 0 bridgehead atoms. The van der Waals surface area contributed by atoms with Gasteiger partial charge in [-0.1, -0.05) is 12.1 Å². The molecule has 6 nitrogen and oxygen atoms in total. The smallest absolute Gasteiger partial charge is 0.260 e. The number of pyridine rings is 1. The summed E-state index contributed by atoms with van der Waals surface area (Å²) in [5, 5.41) is 0. The van der Waals surface area contributed by atoms with Gasteiger partial charge in [-0.3, -0.25) is 9.78 Å². The lowest BCUT2D eigenvalue weighted by molar-refractivity contribution is -0.134. The number of fused-ring (bicyclic) bond motifs is 1. The van der Waals surface area contributed by atoms with Gasteiger partial charge in [-0.2, -0.15) is 0 Å². The molecule has 26 heavy (non-hydrogen) atoms. The minimum Gasteiger partial charge on any atom is -0.482 e. The van der Waals surface area contributed by atoms with E-state index in [1.807, 2.05) is 23.1 Å². The standard InChI is InChI=1S/C20H22N4O2/c1-23-18-9-3-2-8-17(18)22-20(23)15-6-5-11-24(13-15)19(25)14-26-16-7-4-10-21-12-16/h2-4,7-10,12,15H,5-6,11,13-14H2,1H3/t15-/m0/s1. The van der Waals surface area contributed by atoms with Crippen LogP contribution in [0.1, 0.15) is 24.6 Å². The Morgan fingerprint density at radius 2 is 2.15 bits per heavy atom. The molecular formula is C20H22N4O2. The Balaban J connectivity index is 1.45. The summed E-state index contributed by atoms with van der Waals surface area (Å²) >= 11 is 0. The summed E-state index contributed by atoms with van der Waals surface area (Å²) in [5.41, 5.74) is 2.14. The van der Waals surface area contributed by atoms with Gasteiger partial charge in [0, 0.05) is 32.3 Å². The monoisotopic (exact) mass is 350 g/mol. The van der Waals surface area contributed by atoms with Crippen molar-refractivity contribution >= 4 is 16.9 Å². The quantitative estimate of drug-likeness (QED) is 0.726. The zero-order valence-corrected chi connectivity index (χ0v) is 14.8. The third-order valence-electron chi connectivity index (χ3n) is 4.96. The van der Waals surface area contributed by atoms with Crippen molar-refractivity contribution in [2.45, 2.75) is 18.8 Å². The number of nitrogens with zero attached hydrogens (tertiary/aromatic N) is 4. The molecule has 1 fully saturated rings. The van der Waals surface area contributed by atoms with E-state index in [0.29, 0.717) is 12.3 Å². The van der Waals surface area contributed by atoms with Gasteiger partial charge in [0.15, 0.2) is 6.61 Å². The van der Waals surface area contributed by atoms with Crippen LogP contribution in [0, 0.1) is 0 Å². The molecule has 134 valence electrons. The Morgan fingerprint density at radius 1 is 1.27 bits per heavy atom. The molecule has 0 aliphatic carbocycles. The number of ether oxygens (including phenoxy) is 1. The van der Waals surface area contributed by atoms with Crippen LogP contribution in [-0.2, 0) is 11.8 Å². The first-order chi connectivity index (χ1) is 12.7. The van der Waals surface area contributed by atoms with E-state index in [1.165, 1.54) is 0 Å². The minimum atomic E-state index is 0.0114. The van der Waals surface area contributed by atoms with Gasteiger partial charge in [0.2, 0.25) is 0 Å². The van der Waals surface area contributed by atoms with E-state index in [4.69, 9.17) is 9.72 Å². The Morgan fingerprint density at radius 3 is 2.96 bits per heavy atom. The van der Waals surface area contributed by atoms with E-state index >= 15 is 0 Å². The first-order valence-electron chi connectivity index (χ1n) is 8.94. The Kier molecular flexibility index (Phi) is 4.56. The van der Waals surface area contributed by atoms with E-state index in [0.717, 1.165) is 36.2 Å². The molecule has 1 aliphatic rings. The summed E-state index contributed by atoms with van der Waals surface area (Å²) in [7, 11) is 2.05. The average molecular weight is 350 g/mol. The maximum absolute atomic E-state index is 12.6. The molecule has 1 saturated heterocycles. The van der Waals surface area contributed by atoms with Gasteiger partial charge in [0.25, 0.3) is 5.91 Å². The van der Waals surface area contributed by atoms with E-state index < -0.39 is 0 Å². The van der Waals surface area contributed by atoms with E-state index in [-0.39, 0.29) is 18.4 Å². The molecule has 4 rings (SSSR count). The van der Waals surface area contributed by atoms with Gasteiger partial charge in [-0.05, 0) is 37.1 Å². The topological polar surface area (TPSA) is 60.2 Å². The number of imidazole rings is 1. The number of aryl methyl sites for hydroxylation is 1. The Labute approximate surface area is 152 Å². The van der Waals surface area contributed by atoms with E-state index in [1.54, 1.807) is 24.5 Å². The SMILES string of the molecule is Cn1c([C@H]2CCCN(C(=O)COc3cccnc3)C2)nc2ccccc21. The van der Waals surface area contributed by atoms with Crippen LogP contribution < -0.4 is 4.74 Å². The second kappa shape index (κ2) is 7.15. The van der Waals surface area contributed by atoms with Crippen molar-refractivity contribution in [3.63, 3.8) is 0 Å². The highest BCUT2D eigenvalue weighted by atomic mass is 16.5. The molecule has 0 N–H and O–H groups in total. The van der Waals surface area contributed by atoms with Crippen LogP contribution in [0.4, 0.5) is 0 Å². The van der Waals surface area contributed by atoms with Crippen LogP contribution in [0.25, 0.3) is 11.0 Å². The summed E-state index contributed by atoms with van der Waals surface area (Å²) in [6.07, 6.45) is 5.32. The van der Waals surface area contributed by atoms with Gasteiger partial charge in [-0.25, -0.2) is 4.98 Å². The van der Waals surface area contributed by atoms with Gasteiger partial charge in [-0.15, -0.1) is 0 Å². The second-order valence-corrected chi connectivity index (χ2v) is 6.67. The van der Waals surface area contributed by atoms with Crippen LogP contribution in [-0.4, -0.2) is 45.0 Å². The fourth-order valence-electron chi connectivity index (χ4n) is 3.61. The predicted octanol–water partition coefficient (Wildman–Crippen LogP) is 2.75. The molecule has 3 aromatic rings. The summed E-state index contributed by atoms with van der Waals surface area (Å²) < 4.78 is 7.71. The highest BCUT2D eigenvalue weighted by Crippen LogP contribution is 2.28. The molecule has 1 amide bonds. The highest BCUT2D eigenvalue weighted by Gasteiger charge is 2.28. The molecule has 1 aliphatic heterocycles. The van der Waals surface area contributed by atoms with Crippen LogP contribution in [0.3, 0.4) is 0 Å². The maximum Gasteiger partial charge on any atom is 0.260 e. The normalized spacial score (nSPS) is 17.4. The van der Waals surface area contributed by atoms with Crippen molar-refractivity contribution in [2.24, 2.45) is 7.05 Å². The second-order valence-electron chi connectivity index (χ2n) is 6.67. The third-order valence-corrected chi connectivity index (χ3v) is 4.96. The molecule has 1 atom stereocenters. The number of para-hydroxylation sites is 2. The molecule has 2 aromatic heterocycles. The Bertz CT molecular complexity index is 907. The largest absolute Gasteiger partial charge is 0.482 e. The number of hydrogen-bond acceptors (Lipinski definition) is 4. The van der Waals surface area contributed by atoms with E-state index in [2.05, 4.69) is 22.7 Å². The van der Waals surface area contributed by atoms with Crippen molar-refractivity contribution in [3.05, 3.63) is 54.6 Å². The van der Waals surface area contributed by atoms with Crippen LogP contribution in [0.2, 0.25) is 0 Å². The number of aromatic nitrogens is 3. The highest BCUT2D eigenvalue weighted by molar-refractivity contribution is 5.78. The lowest BCUT2D eigenvalue weighted by Gasteiger charge is -2.32. The summed E-state index contributed by atoms with van der Waals surface area (Å²) in [6, 6.07) is 11.7. The van der Waals surface area contributed by atoms with Gasteiger partial charge in [0.1, 0.15) is 11.6 Å². The third kappa shape index (κ3) is 3.27. The molecular weight excluding hydrogens is 328 g/mol. The van der Waals surface area contributed by atoms with Gasteiger partial charge < -0.3 is 14.2 Å². The van der Waals surface area contributed by atoms with Crippen molar-refractivity contribution in [2.75, 3.05) is 19.7 Å². The number of rotatable bonds is 4. The van der Waals surface area contributed by atoms with Crippen molar-refractivity contribution in [3.8, 4) is 5.75 Å². The van der Waals surface area contributed by atoms with Crippen molar-refractivity contribution in [1.82, 2.24) is 19.4 Å². The zero-order chi connectivity index (χ0) is 17.9. The molecule has 0 spiro atoms. The molecule has 0 unspecified atom stereocenters. The zero-order valence-electron chi connectivity index (χ0n) is 14.8. The maximum atomic E-state index is 12.6. The molecule has 3 heterocycles. The fourth-order valence-corrected chi connectivity index (χ4v) is 3.61. The number of hydrogen-bond donors (Lipinski definition) is 0. The van der Waals surface area contributed by atoms with Crippen LogP contribution >= 0.6 is 0 Å². The summed E-state index contributed by atoms with van der Waals surface area (Å²) in [6.45, 7) is 1.50. The number of piperidine rings is 1. The summed E-state index contributed by atoms with van der Waals surface area (Å²) in [5.74, 6) is 1.93. The predicted molar refractivity (Wildman–Crippen MR) is 99.0 cm³/mol. The number of carbonyl (C=O) groups is 1. The number of carbonyl (C=O) groups excluding carboxylic acids is 1. The molecule has 0 saturated carbocycles. The lowest BCUT2D eigenvalue weighted by Crippen LogP contribution is -2.42. The number of likely N-dealkylation sites (tertiary alicyclic amines) is 1. The van der Waals surface area contributed by atoms with Crippen molar-refractivity contribution in [1.29, 1.82) is 0 Å². The number of benzene rings is 1. The average Bonchev–Trinajstić information content (AvgIpc) is 3.04. The Hall–Kier alpha value is -2.89. The minimum absolute atomic E-state index is 0.0114. The van der Waals surface area contributed by atoms with E-state index in [9.17, 15) is 4.79 Å². The fraction of sp³-hybridized carbons (Fsp3) is 0.350. The van der Waals surface area contributed by atoms with Crippen LogP contribution in [0.15, 0.2) is 48.8 Å². The first kappa shape index (κ1) is 16.6. The first-order valence-corrected chi connectivity index (χ1v) is 8.94. The molecule has 0 radical (unpaired) electrons. The molecule has 6 heteroatoms. The summed E-state index contributed by atoms with van der Waals surface area (Å²) in [4.78, 5) is 23.3.